The Hall–Kier alpha value is 0.660. The van der Waals surface area contributed by atoms with Gasteiger partial charge in [0.05, 0.1) is 0 Å². The van der Waals surface area contributed by atoms with Crippen molar-refractivity contribution in [3.05, 3.63) is 0 Å². The Balaban J connectivity index is 2.00. The highest BCUT2D eigenvalue weighted by molar-refractivity contribution is 8.03. The summed E-state index contributed by atoms with van der Waals surface area (Å²) in [5.41, 5.74) is 0. The van der Waals surface area contributed by atoms with Gasteiger partial charge in [-0.05, 0) is 12.0 Å². The summed E-state index contributed by atoms with van der Waals surface area (Å²) in [6, 6.07) is 0. The molecule has 1 heterocycles. The molecule has 0 saturated carbocycles. The fourth-order valence-corrected chi connectivity index (χ4v) is 1.80. The first-order valence-corrected chi connectivity index (χ1v) is 3.89. The molecule has 1 nitrogen and oxygen atoms in total. The number of hydrogen-bond acceptors (Lipinski definition) is 3. The van der Waals surface area contributed by atoms with Crippen LogP contribution in [0.2, 0.25) is 0 Å². The van der Waals surface area contributed by atoms with Crippen molar-refractivity contribution in [2.45, 2.75) is 0 Å². The van der Waals surface area contributed by atoms with Gasteiger partial charge in [0.1, 0.15) is 5.94 Å². The van der Waals surface area contributed by atoms with Gasteiger partial charge in [-0.3, -0.25) is 0 Å². The maximum atomic E-state index is 4.95. The molecule has 1 saturated heterocycles. The molecule has 6 heavy (non-hydrogen) atoms. The highest BCUT2D eigenvalue weighted by atomic mass is 32.2. The average molecular weight is 122 g/mol. The Morgan fingerprint density at radius 2 is 2.33 bits per heavy atom. The standard InChI is InChI=1S/C3H6OS2/c1-2-6-4-3-5-1/h1-3H2. The van der Waals surface area contributed by atoms with Gasteiger partial charge in [-0.1, -0.05) is 0 Å². The summed E-state index contributed by atoms with van der Waals surface area (Å²) in [6.07, 6.45) is 0. The van der Waals surface area contributed by atoms with Gasteiger partial charge >= 0.3 is 0 Å². The van der Waals surface area contributed by atoms with Gasteiger partial charge in [-0.25, -0.2) is 0 Å². The van der Waals surface area contributed by atoms with E-state index in [9.17, 15) is 0 Å². The Bertz CT molecular complexity index is 24.3. The second kappa shape index (κ2) is 2.77. The molecule has 0 aromatic carbocycles. The molecule has 0 atom stereocenters. The third-order valence-electron chi connectivity index (χ3n) is 0.526. The van der Waals surface area contributed by atoms with Crippen molar-refractivity contribution in [2.24, 2.45) is 0 Å². The van der Waals surface area contributed by atoms with Crippen molar-refractivity contribution in [1.82, 2.24) is 0 Å². The van der Waals surface area contributed by atoms with E-state index in [4.69, 9.17) is 4.18 Å². The molecule has 0 spiro atoms. The van der Waals surface area contributed by atoms with Crippen molar-refractivity contribution in [1.29, 1.82) is 0 Å². The van der Waals surface area contributed by atoms with Crippen molar-refractivity contribution in [2.75, 3.05) is 17.4 Å². The molecule has 1 rings (SSSR count). The maximum Gasteiger partial charge on any atom is 0.107 e. The molecule has 0 bridgehead atoms. The summed E-state index contributed by atoms with van der Waals surface area (Å²) in [5, 5.41) is 0. The quantitative estimate of drug-likeness (QED) is 0.449. The first-order valence-electron chi connectivity index (χ1n) is 1.82. The van der Waals surface area contributed by atoms with Crippen molar-refractivity contribution < 1.29 is 4.18 Å². The van der Waals surface area contributed by atoms with Crippen molar-refractivity contribution >= 4 is 23.8 Å². The molecule has 0 amide bonds. The summed E-state index contributed by atoms with van der Waals surface area (Å²) in [5.74, 6) is 3.29. The van der Waals surface area contributed by atoms with Gasteiger partial charge < -0.3 is 4.18 Å². The van der Waals surface area contributed by atoms with E-state index in [-0.39, 0.29) is 0 Å². The molecule has 3 heteroatoms. The predicted molar refractivity (Wildman–Crippen MR) is 30.9 cm³/mol. The van der Waals surface area contributed by atoms with E-state index >= 15 is 0 Å². The van der Waals surface area contributed by atoms with Crippen LogP contribution < -0.4 is 0 Å². The smallest absolute Gasteiger partial charge is 0.107 e. The molecule has 0 aliphatic carbocycles. The average Bonchev–Trinajstić information content (AvgIpc) is 1.72. The Morgan fingerprint density at radius 3 is 2.50 bits per heavy atom. The number of hydrogen-bond donors (Lipinski definition) is 0. The van der Waals surface area contributed by atoms with E-state index in [1.165, 1.54) is 5.75 Å². The van der Waals surface area contributed by atoms with E-state index in [1.807, 2.05) is 11.8 Å². The van der Waals surface area contributed by atoms with Crippen LogP contribution in [0.4, 0.5) is 0 Å². The molecule has 0 radical (unpaired) electrons. The van der Waals surface area contributed by atoms with E-state index < -0.39 is 0 Å². The Morgan fingerprint density at radius 1 is 1.33 bits per heavy atom. The normalized spacial score (nSPS) is 24.0. The zero-order valence-corrected chi connectivity index (χ0v) is 4.98. The van der Waals surface area contributed by atoms with Crippen LogP contribution in [-0.4, -0.2) is 17.4 Å². The van der Waals surface area contributed by atoms with Crippen LogP contribution in [0.25, 0.3) is 0 Å². The summed E-state index contributed by atoms with van der Waals surface area (Å²) in [4.78, 5) is 0. The fraction of sp³-hybridized carbons (Fsp3) is 1.00. The minimum absolute atomic E-state index is 0.880. The SMILES string of the molecule is C1CSOCS1. The van der Waals surface area contributed by atoms with Crippen LogP contribution in [0.15, 0.2) is 0 Å². The topological polar surface area (TPSA) is 9.23 Å². The van der Waals surface area contributed by atoms with Crippen LogP contribution in [0.5, 0.6) is 0 Å². The molecule has 0 N–H and O–H groups in total. The Kier molecular flexibility index (Phi) is 2.22. The monoisotopic (exact) mass is 122 g/mol. The highest BCUT2D eigenvalue weighted by Crippen LogP contribution is 2.16. The molecular weight excluding hydrogens is 116 g/mol. The lowest BCUT2D eigenvalue weighted by Gasteiger charge is -2.06. The molecular formula is C3H6OS2. The van der Waals surface area contributed by atoms with E-state index in [0.717, 1.165) is 11.7 Å². The van der Waals surface area contributed by atoms with Gasteiger partial charge in [0.15, 0.2) is 0 Å². The predicted octanol–water partition coefficient (Wildman–Crippen LogP) is 1.36. The zero-order valence-electron chi connectivity index (χ0n) is 3.35. The zero-order chi connectivity index (χ0) is 4.24. The number of thioether (sulfide) groups is 1. The van der Waals surface area contributed by atoms with Crippen LogP contribution in [0.3, 0.4) is 0 Å². The van der Waals surface area contributed by atoms with Gasteiger partial charge in [0.2, 0.25) is 0 Å². The van der Waals surface area contributed by atoms with Crippen LogP contribution in [0, 0.1) is 0 Å². The van der Waals surface area contributed by atoms with Crippen molar-refractivity contribution in [3.63, 3.8) is 0 Å². The van der Waals surface area contributed by atoms with Gasteiger partial charge in [0, 0.05) is 11.5 Å². The first kappa shape index (κ1) is 4.81. The third-order valence-corrected chi connectivity index (χ3v) is 2.37. The summed E-state index contributed by atoms with van der Waals surface area (Å²) in [6.45, 7) is 0. The Labute approximate surface area is 46.0 Å². The first-order chi connectivity index (χ1) is 3.00. The lowest BCUT2D eigenvalue weighted by molar-refractivity contribution is 0.461. The lowest BCUT2D eigenvalue weighted by atomic mass is 11.0. The molecule has 0 unspecified atom stereocenters. The van der Waals surface area contributed by atoms with Gasteiger partial charge in [-0.2, -0.15) is 0 Å². The molecule has 0 aromatic heterocycles. The third kappa shape index (κ3) is 1.41. The minimum Gasteiger partial charge on any atom is -0.305 e. The summed E-state index contributed by atoms with van der Waals surface area (Å²) < 4.78 is 4.95. The van der Waals surface area contributed by atoms with Crippen molar-refractivity contribution in [3.8, 4) is 0 Å². The molecule has 1 aliphatic rings. The maximum absolute atomic E-state index is 4.95. The second-order valence-corrected chi connectivity index (χ2v) is 2.90. The lowest BCUT2D eigenvalue weighted by Crippen LogP contribution is -1.94. The minimum atomic E-state index is 0.880. The van der Waals surface area contributed by atoms with Gasteiger partial charge in [0.25, 0.3) is 0 Å². The molecule has 1 fully saturated rings. The van der Waals surface area contributed by atoms with E-state index in [0.29, 0.717) is 0 Å². The highest BCUT2D eigenvalue weighted by Gasteiger charge is 1.96. The largest absolute Gasteiger partial charge is 0.305 e. The molecule has 0 aromatic rings. The molecule has 1 aliphatic heterocycles. The number of rotatable bonds is 0. The van der Waals surface area contributed by atoms with Crippen LogP contribution in [0.1, 0.15) is 0 Å². The van der Waals surface area contributed by atoms with Crippen LogP contribution in [-0.2, 0) is 4.18 Å². The second-order valence-electron chi connectivity index (χ2n) is 0.966. The fourth-order valence-electron chi connectivity index (χ4n) is 0.279. The van der Waals surface area contributed by atoms with Gasteiger partial charge in [-0.15, -0.1) is 11.8 Å². The summed E-state index contributed by atoms with van der Waals surface area (Å²) >= 11 is 3.43. The summed E-state index contributed by atoms with van der Waals surface area (Å²) in [7, 11) is 0. The van der Waals surface area contributed by atoms with E-state index in [1.54, 1.807) is 12.0 Å². The van der Waals surface area contributed by atoms with E-state index in [2.05, 4.69) is 0 Å². The van der Waals surface area contributed by atoms with Crippen LogP contribution >= 0.6 is 23.8 Å². The molecule has 36 valence electrons.